The molecule has 1 N–H and O–H groups in total. The van der Waals surface area contributed by atoms with Crippen molar-refractivity contribution in [1.82, 2.24) is 10.2 Å². The summed E-state index contributed by atoms with van der Waals surface area (Å²) >= 11 is 12.1. The Morgan fingerprint density at radius 1 is 1.23 bits per heavy atom. The predicted octanol–water partition coefficient (Wildman–Crippen LogP) is 3.63. The number of nitrogens with zero attached hydrogens (tertiary/aromatic N) is 1. The maximum atomic E-state index is 12.4. The van der Waals surface area contributed by atoms with E-state index in [-0.39, 0.29) is 18.4 Å². The summed E-state index contributed by atoms with van der Waals surface area (Å²) in [6.45, 7) is 5.37. The fourth-order valence-electron chi connectivity index (χ4n) is 3.04. The van der Waals surface area contributed by atoms with E-state index in [1.165, 1.54) is 0 Å². The van der Waals surface area contributed by atoms with Crippen LogP contribution in [0.2, 0.25) is 10.0 Å². The number of morpholine rings is 1. The molecule has 0 saturated carbocycles. The molecule has 140 valence electrons. The van der Waals surface area contributed by atoms with E-state index in [4.69, 9.17) is 32.4 Å². The molecule has 1 atom stereocenters. The van der Waals surface area contributed by atoms with Gasteiger partial charge < -0.3 is 14.5 Å². The molecule has 5 nitrogen and oxygen atoms in total. The fraction of sp³-hybridized carbons (Fsp3) is 0.421. The van der Waals surface area contributed by atoms with Crippen molar-refractivity contribution in [3.63, 3.8) is 0 Å². The van der Waals surface area contributed by atoms with Crippen molar-refractivity contribution in [2.75, 3.05) is 32.8 Å². The molecular weight excluding hydrogens is 375 g/mol. The zero-order valence-corrected chi connectivity index (χ0v) is 16.1. The monoisotopic (exact) mass is 396 g/mol. The van der Waals surface area contributed by atoms with E-state index in [9.17, 15) is 4.79 Å². The topological polar surface area (TPSA) is 54.7 Å². The largest absolute Gasteiger partial charge is 0.465 e. The number of ether oxygens (including phenoxy) is 1. The summed E-state index contributed by atoms with van der Waals surface area (Å²) in [5.74, 6) is 1.63. The first kappa shape index (κ1) is 19.2. The zero-order valence-electron chi connectivity index (χ0n) is 14.6. The number of carbonyl (C=O) groups excluding carboxylic acids is 1. The molecule has 1 aromatic carbocycles. The van der Waals surface area contributed by atoms with Crippen LogP contribution in [0.1, 0.15) is 23.1 Å². The van der Waals surface area contributed by atoms with Crippen LogP contribution < -0.4 is 5.32 Å². The molecule has 3 rings (SSSR count). The minimum absolute atomic E-state index is 0.0164. The summed E-state index contributed by atoms with van der Waals surface area (Å²) < 4.78 is 11.2. The number of aryl methyl sites for hydroxylation is 1. The Morgan fingerprint density at radius 3 is 2.65 bits per heavy atom. The highest BCUT2D eigenvalue weighted by molar-refractivity contribution is 6.35. The van der Waals surface area contributed by atoms with Gasteiger partial charge in [-0.1, -0.05) is 29.3 Å². The van der Waals surface area contributed by atoms with Gasteiger partial charge in [-0.05, 0) is 36.8 Å². The van der Waals surface area contributed by atoms with Crippen molar-refractivity contribution in [1.29, 1.82) is 0 Å². The van der Waals surface area contributed by atoms with Gasteiger partial charge >= 0.3 is 0 Å². The van der Waals surface area contributed by atoms with Crippen LogP contribution in [0.3, 0.4) is 0 Å². The summed E-state index contributed by atoms with van der Waals surface area (Å²) in [4.78, 5) is 14.7. The average Bonchev–Trinajstić information content (AvgIpc) is 3.05. The number of amides is 1. The Bertz CT molecular complexity index is 757. The molecule has 0 bridgehead atoms. The van der Waals surface area contributed by atoms with Gasteiger partial charge in [-0.2, -0.15) is 0 Å². The molecule has 1 fully saturated rings. The third-order valence-corrected chi connectivity index (χ3v) is 5.02. The second-order valence-corrected chi connectivity index (χ2v) is 7.17. The summed E-state index contributed by atoms with van der Waals surface area (Å²) in [6, 6.07) is 9.05. The van der Waals surface area contributed by atoms with Gasteiger partial charge in [0.1, 0.15) is 11.5 Å². The Hall–Kier alpha value is -1.53. The van der Waals surface area contributed by atoms with Gasteiger partial charge in [-0.3, -0.25) is 9.69 Å². The van der Waals surface area contributed by atoms with Gasteiger partial charge in [0, 0.05) is 29.7 Å². The Labute approximate surface area is 163 Å². The molecule has 1 unspecified atom stereocenters. The maximum absolute atomic E-state index is 12.4. The molecule has 1 saturated heterocycles. The molecule has 26 heavy (non-hydrogen) atoms. The SMILES string of the molecule is Cc1ccc(C(CNC(=O)Cc2ccc(Cl)cc2Cl)N2CCOCC2)o1. The molecular formula is C19H22Cl2N2O3. The number of halogens is 2. The van der Waals surface area contributed by atoms with E-state index in [0.29, 0.717) is 29.8 Å². The van der Waals surface area contributed by atoms with Crippen molar-refractivity contribution in [3.05, 3.63) is 57.5 Å². The molecule has 0 spiro atoms. The smallest absolute Gasteiger partial charge is 0.224 e. The second kappa shape index (κ2) is 8.91. The number of benzene rings is 1. The number of nitrogens with one attached hydrogen (secondary N) is 1. The van der Waals surface area contributed by atoms with E-state index in [0.717, 1.165) is 30.2 Å². The van der Waals surface area contributed by atoms with Crippen molar-refractivity contribution in [2.24, 2.45) is 0 Å². The molecule has 1 aromatic heterocycles. The summed E-state index contributed by atoms with van der Waals surface area (Å²) in [5.41, 5.74) is 0.755. The van der Waals surface area contributed by atoms with Crippen LogP contribution in [0, 0.1) is 6.92 Å². The Balaban J connectivity index is 1.64. The number of rotatable bonds is 6. The molecule has 7 heteroatoms. The third-order valence-electron chi connectivity index (χ3n) is 4.43. The molecule has 0 radical (unpaired) electrons. The number of furan rings is 1. The Kier molecular flexibility index (Phi) is 6.59. The predicted molar refractivity (Wildman–Crippen MR) is 102 cm³/mol. The lowest BCUT2D eigenvalue weighted by Crippen LogP contribution is -2.44. The summed E-state index contributed by atoms with van der Waals surface area (Å²) in [6.07, 6.45) is 0.211. The highest BCUT2D eigenvalue weighted by Gasteiger charge is 2.25. The lowest BCUT2D eigenvalue weighted by molar-refractivity contribution is -0.120. The molecule has 1 aliphatic heterocycles. The van der Waals surface area contributed by atoms with Gasteiger partial charge in [0.25, 0.3) is 0 Å². The first-order valence-corrected chi connectivity index (χ1v) is 9.37. The van der Waals surface area contributed by atoms with E-state index >= 15 is 0 Å². The highest BCUT2D eigenvalue weighted by Crippen LogP contribution is 2.24. The van der Waals surface area contributed by atoms with E-state index < -0.39 is 0 Å². The fourth-order valence-corrected chi connectivity index (χ4v) is 3.52. The first-order chi connectivity index (χ1) is 12.5. The molecule has 0 aliphatic carbocycles. The van der Waals surface area contributed by atoms with Gasteiger partial charge in [0.2, 0.25) is 5.91 Å². The van der Waals surface area contributed by atoms with Crippen LogP contribution in [0.25, 0.3) is 0 Å². The number of hydrogen-bond donors (Lipinski definition) is 1. The molecule has 2 heterocycles. The normalized spacial score (nSPS) is 16.4. The first-order valence-electron chi connectivity index (χ1n) is 8.61. The molecule has 1 amide bonds. The molecule has 1 aliphatic rings. The second-order valence-electron chi connectivity index (χ2n) is 6.33. The van der Waals surface area contributed by atoms with Crippen molar-refractivity contribution >= 4 is 29.1 Å². The average molecular weight is 397 g/mol. The quantitative estimate of drug-likeness (QED) is 0.809. The van der Waals surface area contributed by atoms with Crippen LogP contribution >= 0.6 is 23.2 Å². The van der Waals surface area contributed by atoms with Crippen LogP contribution in [0.15, 0.2) is 34.7 Å². The van der Waals surface area contributed by atoms with E-state index in [2.05, 4.69) is 10.2 Å². The number of carbonyl (C=O) groups is 1. The minimum atomic E-state index is -0.0873. The third kappa shape index (κ3) is 5.01. The van der Waals surface area contributed by atoms with Gasteiger partial charge in [0.05, 0.1) is 25.7 Å². The molecule has 2 aromatic rings. The van der Waals surface area contributed by atoms with Crippen LogP contribution in [-0.2, 0) is 16.0 Å². The maximum Gasteiger partial charge on any atom is 0.224 e. The van der Waals surface area contributed by atoms with Crippen LogP contribution in [0.4, 0.5) is 0 Å². The van der Waals surface area contributed by atoms with Gasteiger partial charge in [-0.25, -0.2) is 0 Å². The van der Waals surface area contributed by atoms with Crippen molar-refractivity contribution in [2.45, 2.75) is 19.4 Å². The van der Waals surface area contributed by atoms with Crippen molar-refractivity contribution in [3.8, 4) is 0 Å². The minimum Gasteiger partial charge on any atom is -0.465 e. The highest BCUT2D eigenvalue weighted by atomic mass is 35.5. The number of hydrogen-bond acceptors (Lipinski definition) is 4. The van der Waals surface area contributed by atoms with Gasteiger partial charge in [0.15, 0.2) is 0 Å². The van der Waals surface area contributed by atoms with Crippen LogP contribution in [0.5, 0.6) is 0 Å². The Morgan fingerprint density at radius 2 is 2.00 bits per heavy atom. The lowest BCUT2D eigenvalue weighted by Gasteiger charge is -2.33. The lowest BCUT2D eigenvalue weighted by atomic mass is 10.1. The van der Waals surface area contributed by atoms with Crippen molar-refractivity contribution < 1.29 is 13.9 Å². The van der Waals surface area contributed by atoms with E-state index in [1.807, 2.05) is 19.1 Å². The summed E-state index contributed by atoms with van der Waals surface area (Å²) in [5, 5.41) is 4.06. The van der Waals surface area contributed by atoms with Crippen LogP contribution in [-0.4, -0.2) is 43.7 Å². The summed E-state index contributed by atoms with van der Waals surface area (Å²) in [7, 11) is 0. The van der Waals surface area contributed by atoms with E-state index in [1.54, 1.807) is 18.2 Å². The standard InChI is InChI=1S/C19H22Cl2N2O3/c1-13-2-5-18(26-13)17(23-6-8-25-9-7-23)12-22-19(24)10-14-3-4-15(20)11-16(14)21/h2-5,11,17H,6-10,12H2,1H3,(H,22,24). The van der Waals surface area contributed by atoms with Gasteiger partial charge in [-0.15, -0.1) is 0 Å². The zero-order chi connectivity index (χ0) is 18.5.